The summed E-state index contributed by atoms with van der Waals surface area (Å²) in [6.45, 7) is 6.05. The van der Waals surface area contributed by atoms with Crippen LogP contribution in [-0.2, 0) is 11.2 Å². The maximum atomic E-state index is 5.06. The number of ether oxygens (including phenoxy) is 1. The van der Waals surface area contributed by atoms with Gasteiger partial charge in [0, 0.05) is 13.2 Å². The van der Waals surface area contributed by atoms with Crippen LogP contribution in [0.15, 0.2) is 24.3 Å². The first-order valence-electron chi connectivity index (χ1n) is 5.50. The standard InChI is InChI=1S/C13H21NO/c1-11-5-4-6-13(9-11)7-8-14-12(2)10-15-3/h4-6,9,12,14H,7-8,10H2,1-3H3/t12-/m1/s1. The van der Waals surface area contributed by atoms with E-state index in [1.165, 1.54) is 11.1 Å². The van der Waals surface area contributed by atoms with E-state index in [9.17, 15) is 0 Å². The van der Waals surface area contributed by atoms with Crippen LogP contribution in [-0.4, -0.2) is 26.3 Å². The minimum Gasteiger partial charge on any atom is -0.383 e. The second-order valence-electron chi connectivity index (χ2n) is 4.05. The summed E-state index contributed by atoms with van der Waals surface area (Å²) in [7, 11) is 1.73. The first-order chi connectivity index (χ1) is 7.22. The van der Waals surface area contributed by atoms with Crippen molar-refractivity contribution in [3.63, 3.8) is 0 Å². The van der Waals surface area contributed by atoms with E-state index in [0.717, 1.165) is 19.6 Å². The van der Waals surface area contributed by atoms with Crippen molar-refractivity contribution in [2.24, 2.45) is 0 Å². The van der Waals surface area contributed by atoms with Crippen LogP contribution in [0.3, 0.4) is 0 Å². The highest BCUT2D eigenvalue weighted by atomic mass is 16.5. The second kappa shape index (κ2) is 6.59. The first-order valence-corrected chi connectivity index (χ1v) is 5.50. The Labute approximate surface area is 92.6 Å². The summed E-state index contributed by atoms with van der Waals surface area (Å²) in [6, 6.07) is 9.09. The van der Waals surface area contributed by atoms with Gasteiger partial charge in [-0.25, -0.2) is 0 Å². The molecule has 0 heterocycles. The van der Waals surface area contributed by atoms with Crippen LogP contribution in [0, 0.1) is 6.92 Å². The molecule has 0 fully saturated rings. The number of rotatable bonds is 6. The third kappa shape index (κ3) is 4.96. The summed E-state index contributed by atoms with van der Waals surface area (Å²) in [6.07, 6.45) is 1.08. The molecular weight excluding hydrogens is 186 g/mol. The van der Waals surface area contributed by atoms with Crippen LogP contribution < -0.4 is 5.32 Å². The van der Waals surface area contributed by atoms with E-state index < -0.39 is 0 Å². The van der Waals surface area contributed by atoms with Crippen molar-refractivity contribution in [3.05, 3.63) is 35.4 Å². The summed E-state index contributed by atoms with van der Waals surface area (Å²) in [5.74, 6) is 0. The zero-order chi connectivity index (χ0) is 11.1. The van der Waals surface area contributed by atoms with E-state index in [1.807, 2.05) is 0 Å². The van der Waals surface area contributed by atoms with Gasteiger partial charge in [0.05, 0.1) is 6.61 Å². The predicted octanol–water partition coefficient (Wildman–Crippen LogP) is 2.16. The van der Waals surface area contributed by atoms with Crippen LogP contribution in [0.25, 0.3) is 0 Å². The number of hydrogen-bond donors (Lipinski definition) is 1. The van der Waals surface area contributed by atoms with Crippen molar-refractivity contribution in [2.75, 3.05) is 20.3 Å². The number of benzene rings is 1. The SMILES string of the molecule is COC[C@@H](C)NCCc1cccc(C)c1. The zero-order valence-corrected chi connectivity index (χ0v) is 9.92. The van der Waals surface area contributed by atoms with Crippen LogP contribution in [0.2, 0.25) is 0 Å². The molecule has 0 aromatic heterocycles. The lowest BCUT2D eigenvalue weighted by Gasteiger charge is -2.12. The Hall–Kier alpha value is -0.860. The van der Waals surface area contributed by atoms with Crippen LogP contribution >= 0.6 is 0 Å². The molecule has 0 radical (unpaired) electrons. The number of nitrogens with one attached hydrogen (secondary N) is 1. The van der Waals surface area contributed by atoms with E-state index in [2.05, 4.69) is 43.4 Å². The van der Waals surface area contributed by atoms with Crippen molar-refractivity contribution in [1.29, 1.82) is 0 Å². The molecule has 0 aliphatic rings. The highest BCUT2D eigenvalue weighted by molar-refractivity contribution is 5.22. The maximum Gasteiger partial charge on any atom is 0.0613 e. The maximum absolute atomic E-state index is 5.06. The predicted molar refractivity (Wildman–Crippen MR) is 64.2 cm³/mol. The molecule has 1 aromatic rings. The Morgan fingerprint density at radius 3 is 2.87 bits per heavy atom. The van der Waals surface area contributed by atoms with Gasteiger partial charge in [-0.05, 0) is 32.4 Å². The van der Waals surface area contributed by atoms with Gasteiger partial charge in [-0.15, -0.1) is 0 Å². The first kappa shape index (κ1) is 12.2. The number of aryl methyl sites for hydroxylation is 1. The lowest BCUT2D eigenvalue weighted by Crippen LogP contribution is -2.31. The van der Waals surface area contributed by atoms with Gasteiger partial charge in [-0.1, -0.05) is 29.8 Å². The van der Waals surface area contributed by atoms with Gasteiger partial charge >= 0.3 is 0 Å². The molecule has 1 atom stereocenters. The van der Waals surface area contributed by atoms with E-state index in [4.69, 9.17) is 4.74 Å². The summed E-state index contributed by atoms with van der Waals surface area (Å²) < 4.78 is 5.06. The van der Waals surface area contributed by atoms with Gasteiger partial charge in [0.1, 0.15) is 0 Å². The van der Waals surface area contributed by atoms with Crippen molar-refractivity contribution in [3.8, 4) is 0 Å². The Bertz CT molecular complexity index is 286. The van der Waals surface area contributed by atoms with Crippen molar-refractivity contribution in [1.82, 2.24) is 5.32 Å². The van der Waals surface area contributed by atoms with E-state index in [1.54, 1.807) is 7.11 Å². The Morgan fingerprint density at radius 1 is 1.40 bits per heavy atom. The Morgan fingerprint density at radius 2 is 2.20 bits per heavy atom. The van der Waals surface area contributed by atoms with E-state index in [-0.39, 0.29) is 0 Å². The van der Waals surface area contributed by atoms with Crippen molar-refractivity contribution < 1.29 is 4.74 Å². The molecule has 0 unspecified atom stereocenters. The number of hydrogen-bond acceptors (Lipinski definition) is 2. The minimum absolute atomic E-state index is 0.430. The molecule has 1 N–H and O–H groups in total. The highest BCUT2D eigenvalue weighted by Crippen LogP contribution is 2.03. The van der Waals surface area contributed by atoms with Crippen LogP contribution in [0.1, 0.15) is 18.1 Å². The summed E-state index contributed by atoms with van der Waals surface area (Å²) in [4.78, 5) is 0. The molecule has 0 amide bonds. The molecule has 0 bridgehead atoms. The smallest absolute Gasteiger partial charge is 0.0613 e. The van der Waals surface area contributed by atoms with Gasteiger partial charge in [0.15, 0.2) is 0 Å². The minimum atomic E-state index is 0.430. The zero-order valence-electron chi connectivity index (χ0n) is 9.92. The third-order valence-electron chi connectivity index (χ3n) is 2.41. The van der Waals surface area contributed by atoms with Gasteiger partial charge in [0.25, 0.3) is 0 Å². The molecule has 84 valence electrons. The molecule has 15 heavy (non-hydrogen) atoms. The normalized spacial score (nSPS) is 12.7. The molecule has 0 spiro atoms. The van der Waals surface area contributed by atoms with Gasteiger partial charge in [-0.3, -0.25) is 0 Å². The van der Waals surface area contributed by atoms with E-state index in [0.29, 0.717) is 6.04 Å². The Balaban J connectivity index is 2.25. The quantitative estimate of drug-likeness (QED) is 0.772. The Kier molecular flexibility index (Phi) is 5.37. The van der Waals surface area contributed by atoms with Gasteiger partial charge < -0.3 is 10.1 Å². The molecular formula is C13H21NO. The lowest BCUT2D eigenvalue weighted by molar-refractivity contribution is 0.172. The monoisotopic (exact) mass is 207 g/mol. The fourth-order valence-electron chi connectivity index (χ4n) is 1.64. The highest BCUT2D eigenvalue weighted by Gasteiger charge is 1.99. The van der Waals surface area contributed by atoms with Crippen LogP contribution in [0.5, 0.6) is 0 Å². The van der Waals surface area contributed by atoms with Crippen molar-refractivity contribution in [2.45, 2.75) is 26.3 Å². The summed E-state index contributed by atoms with van der Waals surface area (Å²) in [5.41, 5.74) is 2.73. The topological polar surface area (TPSA) is 21.3 Å². The van der Waals surface area contributed by atoms with E-state index >= 15 is 0 Å². The van der Waals surface area contributed by atoms with Crippen LogP contribution in [0.4, 0.5) is 0 Å². The number of methoxy groups -OCH3 is 1. The summed E-state index contributed by atoms with van der Waals surface area (Å²) in [5, 5.41) is 3.43. The van der Waals surface area contributed by atoms with Gasteiger partial charge in [0.2, 0.25) is 0 Å². The average Bonchev–Trinajstić information content (AvgIpc) is 2.18. The molecule has 0 aliphatic heterocycles. The third-order valence-corrected chi connectivity index (χ3v) is 2.41. The molecule has 2 nitrogen and oxygen atoms in total. The fraction of sp³-hybridized carbons (Fsp3) is 0.538. The molecule has 0 saturated carbocycles. The lowest BCUT2D eigenvalue weighted by atomic mass is 10.1. The average molecular weight is 207 g/mol. The summed E-state index contributed by atoms with van der Waals surface area (Å²) >= 11 is 0. The second-order valence-corrected chi connectivity index (χ2v) is 4.05. The largest absolute Gasteiger partial charge is 0.383 e. The van der Waals surface area contributed by atoms with Crippen molar-refractivity contribution >= 4 is 0 Å². The molecule has 0 aliphatic carbocycles. The fourth-order valence-corrected chi connectivity index (χ4v) is 1.64. The molecule has 1 aromatic carbocycles. The van der Waals surface area contributed by atoms with Gasteiger partial charge in [-0.2, -0.15) is 0 Å². The molecule has 1 rings (SSSR count). The molecule has 0 saturated heterocycles. The molecule has 2 heteroatoms.